The van der Waals surface area contributed by atoms with Gasteiger partial charge in [0.05, 0.1) is 10.0 Å². The number of hydrogen-bond acceptors (Lipinski definition) is 5. The molecule has 2 rings (SSSR count). The summed E-state index contributed by atoms with van der Waals surface area (Å²) in [5.41, 5.74) is 2.50. The summed E-state index contributed by atoms with van der Waals surface area (Å²) in [6.07, 6.45) is 0. The highest BCUT2D eigenvalue weighted by atomic mass is 35.5. The van der Waals surface area contributed by atoms with E-state index in [1.165, 1.54) is 0 Å². The molecular formula is C13H21Cl2N5. The Bertz CT molecular complexity index is 458. The predicted molar refractivity (Wildman–Crippen MR) is 85.6 cm³/mol. The second-order valence-electron chi connectivity index (χ2n) is 5.45. The molecule has 0 radical (unpaired) electrons. The van der Waals surface area contributed by atoms with Gasteiger partial charge in [-0.1, -0.05) is 37.0 Å². The number of aromatic nitrogens is 1. The van der Waals surface area contributed by atoms with Crippen LogP contribution in [0.4, 0.5) is 11.6 Å². The zero-order valence-corrected chi connectivity index (χ0v) is 13.4. The maximum atomic E-state index is 6.24. The lowest BCUT2D eigenvalue weighted by molar-refractivity contribution is 0.231. The molecule has 0 bridgehead atoms. The molecule has 1 saturated heterocycles. The topological polar surface area (TPSA) is 57.4 Å². The van der Waals surface area contributed by atoms with Gasteiger partial charge in [0.1, 0.15) is 5.82 Å². The molecule has 1 aliphatic heterocycles. The predicted octanol–water partition coefficient (Wildman–Crippen LogP) is 2.45. The van der Waals surface area contributed by atoms with E-state index in [4.69, 9.17) is 29.0 Å². The molecule has 1 aromatic heterocycles. The van der Waals surface area contributed by atoms with Gasteiger partial charge in [0, 0.05) is 32.7 Å². The van der Waals surface area contributed by atoms with Crippen LogP contribution in [0.2, 0.25) is 10.0 Å². The van der Waals surface area contributed by atoms with Crippen molar-refractivity contribution in [3.8, 4) is 0 Å². The number of nitrogens with two attached hydrogens (primary N) is 1. The second-order valence-corrected chi connectivity index (χ2v) is 6.26. The molecule has 112 valence electrons. The van der Waals surface area contributed by atoms with Gasteiger partial charge in [-0.25, -0.2) is 10.8 Å². The van der Waals surface area contributed by atoms with Crippen LogP contribution in [0, 0.1) is 5.92 Å². The minimum Gasteiger partial charge on any atom is -0.353 e. The molecule has 20 heavy (non-hydrogen) atoms. The maximum absolute atomic E-state index is 6.24. The van der Waals surface area contributed by atoms with Crippen molar-refractivity contribution < 1.29 is 0 Å². The average molecular weight is 318 g/mol. The largest absolute Gasteiger partial charge is 0.353 e. The maximum Gasteiger partial charge on any atom is 0.161 e. The number of nitrogens with one attached hydrogen (secondary N) is 1. The van der Waals surface area contributed by atoms with Crippen LogP contribution in [0.25, 0.3) is 0 Å². The lowest BCUT2D eigenvalue weighted by atomic mass is 10.2. The Hall–Kier alpha value is -0.750. The molecule has 0 atom stereocenters. The third-order valence-corrected chi connectivity index (χ3v) is 3.91. The van der Waals surface area contributed by atoms with Crippen LogP contribution < -0.4 is 16.2 Å². The van der Waals surface area contributed by atoms with E-state index in [0.717, 1.165) is 38.5 Å². The van der Waals surface area contributed by atoms with Gasteiger partial charge in [0.2, 0.25) is 0 Å². The molecule has 0 saturated carbocycles. The van der Waals surface area contributed by atoms with E-state index in [1.54, 1.807) is 6.07 Å². The van der Waals surface area contributed by atoms with E-state index in [0.29, 0.717) is 21.8 Å². The van der Waals surface area contributed by atoms with Gasteiger partial charge in [-0.05, 0) is 12.0 Å². The second kappa shape index (κ2) is 6.80. The highest BCUT2D eigenvalue weighted by Gasteiger charge is 2.21. The van der Waals surface area contributed by atoms with Crippen LogP contribution in [-0.4, -0.2) is 42.6 Å². The average Bonchev–Trinajstić information content (AvgIpc) is 2.39. The van der Waals surface area contributed by atoms with Gasteiger partial charge in [-0.3, -0.25) is 4.90 Å². The first-order valence-electron chi connectivity index (χ1n) is 6.81. The number of piperazine rings is 1. The first kappa shape index (κ1) is 15.6. The van der Waals surface area contributed by atoms with E-state index in [1.807, 2.05) is 0 Å². The summed E-state index contributed by atoms with van der Waals surface area (Å²) >= 11 is 12.2. The van der Waals surface area contributed by atoms with E-state index in [-0.39, 0.29) is 0 Å². The summed E-state index contributed by atoms with van der Waals surface area (Å²) in [4.78, 5) is 9.05. The van der Waals surface area contributed by atoms with Crippen molar-refractivity contribution in [1.29, 1.82) is 0 Å². The fraction of sp³-hybridized carbons (Fsp3) is 0.615. The minimum atomic E-state index is 0.430. The molecule has 1 aliphatic rings. The van der Waals surface area contributed by atoms with Crippen molar-refractivity contribution >= 4 is 34.8 Å². The zero-order chi connectivity index (χ0) is 14.7. The Labute approximate surface area is 130 Å². The van der Waals surface area contributed by atoms with Crippen molar-refractivity contribution in [1.82, 2.24) is 9.88 Å². The number of anilines is 2. The normalized spacial score (nSPS) is 16.8. The van der Waals surface area contributed by atoms with E-state index in [2.05, 4.69) is 34.1 Å². The summed E-state index contributed by atoms with van der Waals surface area (Å²) in [6.45, 7) is 9.46. The summed E-state index contributed by atoms with van der Waals surface area (Å²) < 4.78 is 0. The van der Waals surface area contributed by atoms with Gasteiger partial charge < -0.3 is 10.3 Å². The fourth-order valence-electron chi connectivity index (χ4n) is 2.44. The van der Waals surface area contributed by atoms with Crippen LogP contribution in [-0.2, 0) is 0 Å². The lowest BCUT2D eigenvalue weighted by Gasteiger charge is -2.36. The molecule has 1 aromatic rings. The van der Waals surface area contributed by atoms with Crippen molar-refractivity contribution in [3.05, 3.63) is 16.1 Å². The number of pyridine rings is 1. The van der Waals surface area contributed by atoms with E-state index in [9.17, 15) is 0 Å². The zero-order valence-electron chi connectivity index (χ0n) is 11.9. The first-order valence-corrected chi connectivity index (χ1v) is 7.56. The third-order valence-electron chi connectivity index (χ3n) is 3.34. The Kier molecular flexibility index (Phi) is 5.32. The van der Waals surface area contributed by atoms with E-state index < -0.39 is 0 Å². The lowest BCUT2D eigenvalue weighted by Crippen LogP contribution is -2.47. The number of hydrazine groups is 1. The Morgan fingerprint density at radius 2 is 1.90 bits per heavy atom. The van der Waals surface area contributed by atoms with Crippen LogP contribution in [0.1, 0.15) is 13.8 Å². The molecule has 0 aromatic carbocycles. The van der Waals surface area contributed by atoms with Crippen molar-refractivity contribution in [3.63, 3.8) is 0 Å². The van der Waals surface area contributed by atoms with Gasteiger partial charge in [0.15, 0.2) is 5.82 Å². The molecule has 1 fully saturated rings. The molecular weight excluding hydrogens is 297 g/mol. The number of halogens is 2. The first-order chi connectivity index (χ1) is 9.51. The number of nitrogen functional groups attached to an aromatic ring is 1. The van der Waals surface area contributed by atoms with Crippen molar-refractivity contribution in [2.24, 2.45) is 11.8 Å². The number of nitrogens with zero attached hydrogens (tertiary/aromatic N) is 3. The molecule has 2 heterocycles. The number of rotatable bonds is 4. The van der Waals surface area contributed by atoms with Crippen LogP contribution in [0.3, 0.4) is 0 Å². The highest BCUT2D eigenvalue weighted by molar-refractivity contribution is 6.37. The smallest absolute Gasteiger partial charge is 0.161 e. The van der Waals surface area contributed by atoms with Gasteiger partial charge in [-0.15, -0.1) is 0 Å². The summed E-state index contributed by atoms with van der Waals surface area (Å²) in [6, 6.07) is 1.68. The molecule has 0 amide bonds. The molecule has 5 nitrogen and oxygen atoms in total. The van der Waals surface area contributed by atoms with Gasteiger partial charge in [0.25, 0.3) is 0 Å². The summed E-state index contributed by atoms with van der Waals surface area (Å²) in [5, 5.41) is 0.992. The Balaban J connectivity index is 2.07. The minimum absolute atomic E-state index is 0.430. The molecule has 7 heteroatoms. The quantitative estimate of drug-likeness (QED) is 0.660. The standard InChI is InChI=1S/C13H21Cl2N5/c1-9(2)8-19-3-5-20(6-4-19)13-11(15)7-10(14)12(17-13)18-16/h7,9H,3-6,8,16H2,1-2H3,(H,17,18). The van der Waals surface area contributed by atoms with Crippen LogP contribution in [0.15, 0.2) is 6.07 Å². The van der Waals surface area contributed by atoms with Gasteiger partial charge >= 0.3 is 0 Å². The van der Waals surface area contributed by atoms with Crippen LogP contribution in [0.5, 0.6) is 0 Å². The molecule has 0 unspecified atom stereocenters. The summed E-state index contributed by atoms with van der Waals surface area (Å²) in [5.74, 6) is 7.29. The monoisotopic (exact) mass is 317 g/mol. The van der Waals surface area contributed by atoms with Crippen molar-refractivity contribution in [2.75, 3.05) is 43.0 Å². The Morgan fingerprint density at radius 1 is 1.25 bits per heavy atom. The highest BCUT2D eigenvalue weighted by Crippen LogP contribution is 2.31. The van der Waals surface area contributed by atoms with Crippen LogP contribution >= 0.6 is 23.2 Å². The molecule has 0 spiro atoms. The Morgan fingerprint density at radius 3 is 2.45 bits per heavy atom. The fourth-order valence-corrected chi connectivity index (χ4v) is 2.97. The molecule has 3 N–H and O–H groups in total. The summed E-state index contributed by atoms with van der Waals surface area (Å²) in [7, 11) is 0. The third kappa shape index (κ3) is 3.67. The SMILES string of the molecule is CC(C)CN1CCN(c2nc(NN)c(Cl)cc2Cl)CC1. The van der Waals surface area contributed by atoms with Gasteiger partial charge in [-0.2, -0.15) is 0 Å². The van der Waals surface area contributed by atoms with E-state index >= 15 is 0 Å². The molecule has 0 aliphatic carbocycles. The van der Waals surface area contributed by atoms with Crippen molar-refractivity contribution in [2.45, 2.75) is 13.8 Å². The number of hydrogen-bond donors (Lipinski definition) is 2.